The maximum absolute atomic E-state index is 12.1. The van der Waals surface area contributed by atoms with Crippen LogP contribution in [-0.2, 0) is 4.74 Å². The third kappa shape index (κ3) is 2.17. The molecule has 0 spiro atoms. The van der Waals surface area contributed by atoms with Crippen LogP contribution >= 0.6 is 0 Å². The number of ether oxygens (including phenoxy) is 1. The lowest BCUT2D eigenvalue weighted by atomic mass is 10.1. The summed E-state index contributed by atoms with van der Waals surface area (Å²) >= 11 is 0. The van der Waals surface area contributed by atoms with Crippen molar-refractivity contribution in [2.45, 2.75) is 12.5 Å². The maximum atomic E-state index is 12.1. The first-order valence-corrected chi connectivity index (χ1v) is 5.39. The van der Waals surface area contributed by atoms with Crippen LogP contribution in [0.25, 0.3) is 0 Å². The minimum Gasteiger partial charge on any atom is -0.399 e. The molecule has 0 aromatic heterocycles. The first kappa shape index (κ1) is 11.0. The number of nitrogen functional groups attached to an aromatic ring is 1. The molecule has 1 aromatic rings. The van der Waals surface area contributed by atoms with Gasteiger partial charge in [0.25, 0.3) is 5.91 Å². The number of benzene rings is 1. The Morgan fingerprint density at radius 3 is 3.00 bits per heavy atom. The zero-order valence-electron chi connectivity index (χ0n) is 9.35. The fourth-order valence-corrected chi connectivity index (χ4v) is 1.87. The van der Waals surface area contributed by atoms with E-state index in [1.165, 1.54) is 0 Å². The van der Waals surface area contributed by atoms with E-state index in [1.807, 2.05) is 7.05 Å². The van der Waals surface area contributed by atoms with E-state index in [0.29, 0.717) is 17.9 Å². The Hall–Kier alpha value is -1.55. The average molecular weight is 220 g/mol. The van der Waals surface area contributed by atoms with Gasteiger partial charge in [-0.05, 0) is 24.6 Å². The molecule has 1 heterocycles. The Balaban J connectivity index is 2.12. The van der Waals surface area contributed by atoms with Crippen molar-refractivity contribution < 1.29 is 9.53 Å². The molecule has 0 aliphatic carbocycles. The van der Waals surface area contributed by atoms with E-state index >= 15 is 0 Å². The van der Waals surface area contributed by atoms with E-state index in [0.717, 1.165) is 13.0 Å². The predicted octanol–water partition coefficient (Wildman–Crippen LogP) is 1.13. The summed E-state index contributed by atoms with van der Waals surface area (Å²) in [5.41, 5.74) is 6.90. The lowest BCUT2D eigenvalue weighted by Gasteiger charge is -2.23. The molecule has 4 heteroatoms. The van der Waals surface area contributed by atoms with E-state index in [1.54, 1.807) is 29.2 Å². The van der Waals surface area contributed by atoms with Gasteiger partial charge in [-0.15, -0.1) is 0 Å². The zero-order valence-corrected chi connectivity index (χ0v) is 9.35. The summed E-state index contributed by atoms with van der Waals surface area (Å²) in [5, 5.41) is 0. The van der Waals surface area contributed by atoms with Crippen molar-refractivity contribution in [1.29, 1.82) is 0 Å². The first-order valence-electron chi connectivity index (χ1n) is 5.39. The number of hydrogen-bond donors (Lipinski definition) is 1. The van der Waals surface area contributed by atoms with Gasteiger partial charge in [-0.1, -0.05) is 6.07 Å². The van der Waals surface area contributed by atoms with Crippen LogP contribution in [0.2, 0.25) is 0 Å². The van der Waals surface area contributed by atoms with Crippen LogP contribution in [0, 0.1) is 0 Å². The summed E-state index contributed by atoms with van der Waals surface area (Å²) in [6.45, 7) is 1.36. The molecular formula is C12H16N2O2. The molecular weight excluding hydrogens is 204 g/mol. The molecule has 1 unspecified atom stereocenters. The fraction of sp³-hybridized carbons (Fsp3) is 0.417. The number of anilines is 1. The molecule has 0 saturated carbocycles. The second kappa shape index (κ2) is 4.53. The highest BCUT2D eigenvalue weighted by Crippen LogP contribution is 2.15. The Bertz CT molecular complexity index is 386. The smallest absolute Gasteiger partial charge is 0.254 e. The summed E-state index contributed by atoms with van der Waals surface area (Å²) in [6.07, 6.45) is 0.907. The summed E-state index contributed by atoms with van der Waals surface area (Å²) in [5.74, 6) is 0.00259. The third-order valence-electron chi connectivity index (χ3n) is 2.91. The highest BCUT2D eigenvalue weighted by atomic mass is 16.5. The van der Waals surface area contributed by atoms with Gasteiger partial charge in [0.2, 0.25) is 0 Å². The van der Waals surface area contributed by atoms with E-state index in [9.17, 15) is 4.79 Å². The standard InChI is InChI=1S/C12H16N2O2/c1-14(11-5-6-16-8-11)12(15)9-3-2-4-10(13)7-9/h2-4,7,11H,5-6,8,13H2,1H3. The van der Waals surface area contributed by atoms with Gasteiger partial charge in [0, 0.05) is 24.9 Å². The Labute approximate surface area is 95.0 Å². The van der Waals surface area contributed by atoms with Crippen molar-refractivity contribution in [2.24, 2.45) is 0 Å². The third-order valence-corrected chi connectivity index (χ3v) is 2.91. The minimum atomic E-state index is 0.00259. The quantitative estimate of drug-likeness (QED) is 0.760. The molecule has 1 amide bonds. The summed E-state index contributed by atoms with van der Waals surface area (Å²) in [7, 11) is 1.81. The second-order valence-electron chi connectivity index (χ2n) is 4.06. The van der Waals surface area contributed by atoms with E-state index in [-0.39, 0.29) is 11.9 Å². The maximum Gasteiger partial charge on any atom is 0.254 e. The second-order valence-corrected chi connectivity index (χ2v) is 4.06. The summed E-state index contributed by atoms with van der Waals surface area (Å²) < 4.78 is 5.27. The van der Waals surface area contributed by atoms with Crippen molar-refractivity contribution in [3.05, 3.63) is 29.8 Å². The minimum absolute atomic E-state index is 0.00259. The molecule has 86 valence electrons. The summed E-state index contributed by atoms with van der Waals surface area (Å²) in [4.78, 5) is 13.8. The van der Waals surface area contributed by atoms with E-state index < -0.39 is 0 Å². The number of hydrogen-bond acceptors (Lipinski definition) is 3. The largest absolute Gasteiger partial charge is 0.399 e. The van der Waals surface area contributed by atoms with Crippen LogP contribution in [0.5, 0.6) is 0 Å². The van der Waals surface area contributed by atoms with Crippen molar-refractivity contribution in [3.63, 3.8) is 0 Å². The molecule has 1 saturated heterocycles. The molecule has 0 bridgehead atoms. The fourth-order valence-electron chi connectivity index (χ4n) is 1.87. The molecule has 1 aliphatic rings. The van der Waals surface area contributed by atoms with Gasteiger partial charge < -0.3 is 15.4 Å². The van der Waals surface area contributed by atoms with Crippen LogP contribution in [0.4, 0.5) is 5.69 Å². The van der Waals surface area contributed by atoms with Crippen LogP contribution < -0.4 is 5.73 Å². The van der Waals surface area contributed by atoms with Gasteiger partial charge in [0.1, 0.15) is 0 Å². The topological polar surface area (TPSA) is 55.6 Å². The van der Waals surface area contributed by atoms with Gasteiger partial charge in [-0.2, -0.15) is 0 Å². The number of nitrogens with two attached hydrogens (primary N) is 1. The van der Waals surface area contributed by atoms with Crippen LogP contribution in [0.3, 0.4) is 0 Å². The lowest BCUT2D eigenvalue weighted by molar-refractivity contribution is 0.0711. The molecule has 1 fully saturated rings. The van der Waals surface area contributed by atoms with Crippen molar-refractivity contribution in [3.8, 4) is 0 Å². The van der Waals surface area contributed by atoms with Gasteiger partial charge >= 0.3 is 0 Å². The number of carbonyl (C=O) groups is 1. The molecule has 16 heavy (non-hydrogen) atoms. The monoisotopic (exact) mass is 220 g/mol. The number of carbonyl (C=O) groups excluding carboxylic acids is 1. The Kier molecular flexibility index (Phi) is 3.10. The van der Waals surface area contributed by atoms with Gasteiger partial charge in [-0.3, -0.25) is 4.79 Å². The molecule has 1 atom stereocenters. The molecule has 2 N–H and O–H groups in total. The van der Waals surface area contributed by atoms with E-state index in [4.69, 9.17) is 10.5 Å². The van der Waals surface area contributed by atoms with Crippen molar-refractivity contribution in [1.82, 2.24) is 4.90 Å². The number of amides is 1. The van der Waals surface area contributed by atoms with Crippen molar-refractivity contribution >= 4 is 11.6 Å². The summed E-state index contributed by atoms with van der Waals surface area (Å²) in [6, 6.07) is 7.24. The molecule has 4 nitrogen and oxygen atoms in total. The van der Waals surface area contributed by atoms with Gasteiger partial charge in [0.15, 0.2) is 0 Å². The van der Waals surface area contributed by atoms with E-state index in [2.05, 4.69) is 0 Å². The van der Waals surface area contributed by atoms with Crippen LogP contribution in [-0.4, -0.2) is 37.1 Å². The van der Waals surface area contributed by atoms with Crippen LogP contribution in [0.1, 0.15) is 16.8 Å². The number of nitrogens with zero attached hydrogens (tertiary/aromatic N) is 1. The molecule has 0 radical (unpaired) electrons. The highest BCUT2D eigenvalue weighted by Gasteiger charge is 2.24. The zero-order chi connectivity index (χ0) is 11.5. The SMILES string of the molecule is CN(C(=O)c1cccc(N)c1)C1CCOC1. The lowest BCUT2D eigenvalue weighted by Crippen LogP contribution is -2.37. The number of likely N-dealkylation sites (N-methyl/N-ethyl adjacent to an activating group) is 1. The molecule has 1 aromatic carbocycles. The van der Waals surface area contributed by atoms with Gasteiger partial charge in [0.05, 0.1) is 12.6 Å². The average Bonchev–Trinajstić information content (AvgIpc) is 2.80. The van der Waals surface area contributed by atoms with Gasteiger partial charge in [-0.25, -0.2) is 0 Å². The first-order chi connectivity index (χ1) is 7.68. The molecule has 1 aliphatic heterocycles. The Morgan fingerprint density at radius 2 is 2.38 bits per heavy atom. The Morgan fingerprint density at radius 1 is 1.56 bits per heavy atom. The number of rotatable bonds is 2. The molecule has 2 rings (SSSR count). The normalized spacial score (nSPS) is 19.7. The van der Waals surface area contributed by atoms with Crippen molar-refractivity contribution in [2.75, 3.05) is 26.0 Å². The predicted molar refractivity (Wildman–Crippen MR) is 62.2 cm³/mol. The highest BCUT2D eigenvalue weighted by molar-refractivity contribution is 5.95. The van der Waals surface area contributed by atoms with Crippen LogP contribution in [0.15, 0.2) is 24.3 Å².